The van der Waals surface area contributed by atoms with E-state index in [-0.39, 0.29) is 17.0 Å². The molecule has 6 nitrogen and oxygen atoms in total. The van der Waals surface area contributed by atoms with Gasteiger partial charge in [0.2, 0.25) is 10.0 Å². The first-order valence-corrected chi connectivity index (χ1v) is 7.00. The maximum absolute atomic E-state index is 12.2. The summed E-state index contributed by atoms with van der Waals surface area (Å²) in [4.78, 5) is 10.7. The zero-order valence-electron chi connectivity index (χ0n) is 11.0. The van der Waals surface area contributed by atoms with Gasteiger partial charge in [-0.25, -0.2) is 13.2 Å². The predicted octanol–water partition coefficient (Wildman–Crippen LogP) is 0.776. The SMILES string of the molecule is CN(CC(C)(C)O)S(=O)(=O)c1ccc(C(=O)O)cc1. The molecule has 0 saturated carbocycles. The summed E-state index contributed by atoms with van der Waals surface area (Å²) >= 11 is 0. The lowest BCUT2D eigenvalue weighted by Crippen LogP contribution is -2.39. The average molecular weight is 287 g/mol. The number of hydrogen-bond acceptors (Lipinski definition) is 4. The Labute approximate surface area is 112 Å². The van der Waals surface area contributed by atoms with Crippen LogP contribution >= 0.6 is 0 Å². The molecule has 0 aliphatic rings. The number of aliphatic hydroxyl groups is 1. The van der Waals surface area contributed by atoms with Crippen LogP contribution in [-0.4, -0.2) is 48.1 Å². The van der Waals surface area contributed by atoms with Crippen LogP contribution in [0.1, 0.15) is 24.2 Å². The van der Waals surface area contributed by atoms with Crippen molar-refractivity contribution in [1.82, 2.24) is 4.31 Å². The van der Waals surface area contributed by atoms with Crippen molar-refractivity contribution in [2.75, 3.05) is 13.6 Å². The second-order valence-electron chi connectivity index (χ2n) is 4.90. The minimum atomic E-state index is -3.73. The van der Waals surface area contributed by atoms with Gasteiger partial charge in [-0.05, 0) is 38.1 Å². The van der Waals surface area contributed by atoms with Crippen molar-refractivity contribution >= 4 is 16.0 Å². The molecule has 0 spiro atoms. The molecule has 1 rings (SSSR count). The summed E-state index contributed by atoms with van der Waals surface area (Å²) in [6.45, 7) is 2.95. The third kappa shape index (κ3) is 4.02. The van der Waals surface area contributed by atoms with Crippen LogP contribution < -0.4 is 0 Å². The molecule has 0 saturated heterocycles. The largest absolute Gasteiger partial charge is 0.478 e. The minimum Gasteiger partial charge on any atom is -0.478 e. The standard InChI is InChI=1S/C12H17NO5S/c1-12(2,16)8-13(3)19(17,18)10-6-4-9(5-7-10)11(14)15/h4-7,16H,8H2,1-3H3,(H,14,15). The van der Waals surface area contributed by atoms with E-state index in [9.17, 15) is 18.3 Å². The number of aromatic carboxylic acids is 1. The Kier molecular flexibility index (Phi) is 4.34. The fourth-order valence-corrected chi connectivity index (χ4v) is 2.91. The molecule has 19 heavy (non-hydrogen) atoms. The maximum Gasteiger partial charge on any atom is 0.335 e. The predicted molar refractivity (Wildman–Crippen MR) is 69.5 cm³/mol. The first-order chi connectivity index (χ1) is 8.54. The summed E-state index contributed by atoms with van der Waals surface area (Å²) in [5.74, 6) is -1.12. The molecule has 0 heterocycles. The average Bonchev–Trinajstić information content (AvgIpc) is 2.26. The first-order valence-electron chi connectivity index (χ1n) is 5.56. The van der Waals surface area contributed by atoms with Crippen molar-refractivity contribution in [3.8, 4) is 0 Å². The molecule has 106 valence electrons. The second-order valence-corrected chi connectivity index (χ2v) is 6.95. The van der Waals surface area contributed by atoms with Crippen molar-refractivity contribution < 1.29 is 23.4 Å². The highest BCUT2D eigenvalue weighted by molar-refractivity contribution is 7.89. The number of likely N-dealkylation sites (N-methyl/N-ethyl adjacent to an activating group) is 1. The summed E-state index contributed by atoms with van der Waals surface area (Å²) < 4.78 is 25.3. The summed E-state index contributed by atoms with van der Waals surface area (Å²) in [5, 5.41) is 18.4. The van der Waals surface area contributed by atoms with Gasteiger partial charge in [-0.2, -0.15) is 4.31 Å². The number of carbonyl (C=O) groups is 1. The van der Waals surface area contributed by atoms with Gasteiger partial charge in [-0.1, -0.05) is 0 Å². The van der Waals surface area contributed by atoms with Gasteiger partial charge in [0, 0.05) is 13.6 Å². The van der Waals surface area contributed by atoms with Crippen molar-refractivity contribution in [3.05, 3.63) is 29.8 Å². The Morgan fingerprint density at radius 1 is 1.26 bits per heavy atom. The van der Waals surface area contributed by atoms with Gasteiger partial charge in [-0.3, -0.25) is 0 Å². The summed E-state index contributed by atoms with van der Waals surface area (Å²) in [7, 11) is -2.37. The van der Waals surface area contributed by atoms with E-state index in [0.29, 0.717) is 0 Å². The summed E-state index contributed by atoms with van der Waals surface area (Å²) in [5.41, 5.74) is -1.13. The number of carboxylic acids is 1. The Hall–Kier alpha value is -1.44. The maximum atomic E-state index is 12.2. The molecule has 0 fully saturated rings. The van der Waals surface area contributed by atoms with Crippen molar-refractivity contribution in [2.24, 2.45) is 0 Å². The lowest BCUT2D eigenvalue weighted by molar-refractivity contribution is 0.0639. The molecule has 2 N–H and O–H groups in total. The molecular formula is C12H17NO5S. The molecule has 0 unspecified atom stereocenters. The van der Waals surface area contributed by atoms with Gasteiger partial charge in [0.05, 0.1) is 16.1 Å². The van der Waals surface area contributed by atoms with Gasteiger partial charge in [0.15, 0.2) is 0 Å². The van der Waals surface area contributed by atoms with Crippen LogP contribution in [0.4, 0.5) is 0 Å². The number of carboxylic acid groups (broad SMARTS) is 1. The highest BCUT2D eigenvalue weighted by Crippen LogP contribution is 2.17. The third-order valence-corrected chi connectivity index (χ3v) is 4.24. The first kappa shape index (κ1) is 15.6. The van der Waals surface area contributed by atoms with Crippen LogP contribution in [0.15, 0.2) is 29.2 Å². The van der Waals surface area contributed by atoms with Crippen LogP contribution in [0, 0.1) is 0 Å². The van der Waals surface area contributed by atoms with Gasteiger partial charge >= 0.3 is 5.97 Å². The molecule has 0 amide bonds. The minimum absolute atomic E-state index is 0.00995. The molecular weight excluding hydrogens is 270 g/mol. The number of nitrogens with zero attached hydrogens (tertiary/aromatic N) is 1. The summed E-state index contributed by atoms with van der Waals surface area (Å²) in [6, 6.07) is 4.93. The van der Waals surface area contributed by atoms with Crippen molar-refractivity contribution in [2.45, 2.75) is 24.3 Å². The Balaban J connectivity index is 3.03. The lowest BCUT2D eigenvalue weighted by atomic mass is 10.1. The number of rotatable bonds is 5. The number of hydrogen-bond donors (Lipinski definition) is 2. The highest BCUT2D eigenvalue weighted by atomic mass is 32.2. The highest BCUT2D eigenvalue weighted by Gasteiger charge is 2.26. The molecule has 0 radical (unpaired) electrons. The normalized spacial score (nSPS) is 12.7. The molecule has 0 bridgehead atoms. The fourth-order valence-electron chi connectivity index (χ4n) is 1.58. The van der Waals surface area contributed by atoms with Gasteiger partial charge < -0.3 is 10.2 Å². The lowest BCUT2D eigenvalue weighted by Gasteiger charge is -2.25. The molecule has 0 aliphatic heterocycles. The van der Waals surface area contributed by atoms with E-state index < -0.39 is 21.6 Å². The van der Waals surface area contributed by atoms with Crippen LogP contribution in [0.25, 0.3) is 0 Å². The topological polar surface area (TPSA) is 94.9 Å². The molecule has 0 aromatic heterocycles. The van der Waals surface area contributed by atoms with E-state index in [1.165, 1.54) is 45.2 Å². The quantitative estimate of drug-likeness (QED) is 0.834. The Bertz CT molecular complexity index is 557. The van der Waals surface area contributed by atoms with Gasteiger partial charge in [0.25, 0.3) is 0 Å². The molecule has 0 atom stereocenters. The van der Waals surface area contributed by atoms with Crippen molar-refractivity contribution in [3.63, 3.8) is 0 Å². The van der Waals surface area contributed by atoms with Crippen molar-refractivity contribution in [1.29, 1.82) is 0 Å². The van der Waals surface area contributed by atoms with E-state index >= 15 is 0 Å². The van der Waals surface area contributed by atoms with E-state index in [2.05, 4.69) is 0 Å². The summed E-state index contributed by atoms with van der Waals surface area (Å²) in [6.07, 6.45) is 0. The number of benzene rings is 1. The zero-order chi connectivity index (χ0) is 14.8. The van der Waals surface area contributed by atoms with E-state index in [4.69, 9.17) is 5.11 Å². The van der Waals surface area contributed by atoms with Crippen LogP contribution in [0.3, 0.4) is 0 Å². The monoisotopic (exact) mass is 287 g/mol. The molecule has 1 aromatic carbocycles. The smallest absolute Gasteiger partial charge is 0.335 e. The zero-order valence-corrected chi connectivity index (χ0v) is 11.8. The number of sulfonamides is 1. The molecule has 7 heteroatoms. The third-order valence-electron chi connectivity index (χ3n) is 2.42. The van der Waals surface area contributed by atoms with Gasteiger partial charge in [0.1, 0.15) is 0 Å². The Morgan fingerprint density at radius 3 is 2.11 bits per heavy atom. The molecule has 1 aromatic rings. The van der Waals surface area contributed by atoms with Gasteiger partial charge in [-0.15, -0.1) is 0 Å². The van der Waals surface area contributed by atoms with E-state index in [0.717, 1.165) is 4.31 Å². The van der Waals surface area contributed by atoms with E-state index in [1.54, 1.807) is 0 Å². The van der Waals surface area contributed by atoms with Crippen LogP contribution in [0.2, 0.25) is 0 Å². The Morgan fingerprint density at radius 2 is 1.74 bits per heavy atom. The van der Waals surface area contributed by atoms with Crippen LogP contribution in [0.5, 0.6) is 0 Å². The second kappa shape index (κ2) is 5.28. The van der Waals surface area contributed by atoms with E-state index in [1.807, 2.05) is 0 Å². The fraction of sp³-hybridized carbons (Fsp3) is 0.417. The molecule has 0 aliphatic carbocycles. The van der Waals surface area contributed by atoms with Crippen LogP contribution in [-0.2, 0) is 10.0 Å².